The molecule has 150 valence electrons. The lowest BCUT2D eigenvalue weighted by Crippen LogP contribution is -2.38. The average Bonchev–Trinajstić information content (AvgIpc) is 2.96. The lowest BCUT2D eigenvalue weighted by molar-refractivity contribution is 0.392. The van der Waals surface area contributed by atoms with Gasteiger partial charge in [0.1, 0.15) is 11.5 Å². The smallest absolute Gasteiger partial charge is 0.190 e. The maximum Gasteiger partial charge on any atom is 0.190 e. The number of benzene rings is 1. The number of ether oxygens (including phenoxy) is 1. The first kappa shape index (κ1) is 23.3. The van der Waals surface area contributed by atoms with Gasteiger partial charge >= 0.3 is 0 Å². The maximum absolute atomic E-state index is 5.38. The summed E-state index contributed by atoms with van der Waals surface area (Å²) in [5.74, 6) is 2.67. The van der Waals surface area contributed by atoms with Crippen molar-refractivity contribution >= 4 is 29.9 Å². The van der Waals surface area contributed by atoms with Crippen molar-refractivity contribution in [3.05, 3.63) is 46.3 Å². The summed E-state index contributed by atoms with van der Waals surface area (Å²) >= 11 is 0. The van der Waals surface area contributed by atoms with Crippen molar-refractivity contribution in [3.8, 4) is 5.75 Å². The molecule has 0 radical (unpaired) electrons. The Labute approximate surface area is 179 Å². The Morgan fingerprint density at radius 1 is 1.15 bits per heavy atom. The van der Waals surface area contributed by atoms with Crippen molar-refractivity contribution in [2.75, 3.05) is 27.2 Å². The SMILES string of the molecule is CN=C(NCCCc1c(C)noc1C)NCCc1ccc(C)c(OC)c1.I. The number of aromatic nitrogens is 1. The first-order valence-corrected chi connectivity index (χ1v) is 9.05. The third-order valence-corrected chi connectivity index (χ3v) is 4.48. The minimum absolute atomic E-state index is 0. The lowest BCUT2D eigenvalue weighted by Gasteiger charge is -2.12. The second kappa shape index (κ2) is 11.8. The molecule has 1 aromatic heterocycles. The van der Waals surface area contributed by atoms with E-state index < -0.39 is 0 Å². The highest BCUT2D eigenvalue weighted by atomic mass is 127. The summed E-state index contributed by atoms with van der Waals surface area (Å²) < 4.78 is 10.6. The van der Waals surface area contributed by atoms with Gasteiger partial charge in [-0.3, -0.25) is 4.99 Å². The Bertz CT molecular complexity index is 724. The van der Waals surface area contributed by atoms with E-state index in [0.717, 1.165) is 61.1 Å². The molecule has 0 bridgehead atoms. The fraction of sp³-hybridized carbons (Fsp3) is 0.500. The van der Waals surface area contributed by atoms with Crippen LogP contribution in [0.3, 0.4) is 0 Å². The Morgan fingerprint density at radius 3 is 2.52 bits per heavy atom. The summed E-state index contributed by atoms with van der Waals surface area (Å²) in [5.41, 5.74) is 4.59. The van der Waals surface area contributed by atoms with Gasteiger partial charge < -0.3 is 19.9 Å². The van der Waals surface area contributed by atoms with Crippen LogP contribution in [0.2, 0.25) is 0 Å². The van der Waals surface area contributed by atoms with Gasteiger partial charge in [0.2, 0.25) is 0 Å². The number of rotatable bonds is 8. The van der Waals surface area contributed by atoms with Gasteiger partial charge in [-0.1, -0.05) is 17.3 Å². The fourth-order valence-electron chi connectivity index (χ4n) is 2.90. The molecule has 0 aliphatic carbocycles. The standard InChI is InChI=1S/C20H30N4O2.HI/c1-14-8-9-17(13-19(14)25-5)10-12-23-20(21-4)22-11-6-7-18-15(2)24-26-16(18)3;/h8-9,13H,6-7,10-12H2,1-5H3,(H2,21,22,23);1H. The van der Waals surface area contributed by atoms with E-state index in [1.807, 2.05) is 13.8 Å². The molecule has 2 aromatic rings. The minimum atomic E-state index is 0. The number of aryl methyl sites for hydroxylation is 3. The van der Waals surface area contributed by atoms with Gasteiger partial charge in [-0.15, -0.1) is 24.0 Å². The monoisotopic (exact) mass is 486 g/mol. The topological polar surface area (TPSA) is 71.7 Å². The minimum Gasteiger partial charge on any atom is -0.496 e. The molecule has 0 aliphatic rings. The van der Waals surface area contributed by atoms with Crippen LogP contribution in [-0.4, -0.2) is 38.4 Å². The molecule has 0 atom stereocenters. The van der Waals surface area contributed by atoms with Crippen LogP contribution >= 0.6 is 24.0 Å². The van der Waals surface area contributed by atoms with Crippen molar-refractivity contribution < 1.29 is 9.26 Å². The molecule has 1 aromatic carbocycles. The summed E-state index contributed by atoms with van der Waals surface area (Å²) in [6.45, 7) is 7.66. The Kier molecular flexibility index (Phi) is 10.2. The van der Waals surface area contributed by atoms with E-state index in [1.165, 1.54) is 11.1 Å². The number of nitrogens with one attached hydrogen (secondary N) is 2. The molecule has 0 unspecified atom stereocenters. The molecule has 0 aliphatic heterocycles. The van der Waals surface area contributed by atoms with E-state index >= 15 is 0 Å². The van der Waals surface area contributed by atoms with Crippen LogP contribution in [0.4, 0.5) is 0 Å². The number of halogens is 1. The third kappa shape index (κ3) is 7.04. The van der Waals surface area contributed by atoms with Crippen LogP contribution in [0.5, 0.6) is 5.75 Å². The number of aliphatic imine (C=N–C) groups is 1. The number of hydrogen-bond acceptors (Lipinski definition) is 4. The highest BCUT2D eigenvalue weighted by Gasteiger charge is 2.08. The molecule has 0 fully saturated rings. The zero-order valence-electron chi connectivity index (χ0n) is 16.9. The number of nitrogens with zero attached hydrogens (tertiary/aromatic N) is 2. The van der Waals surface area contributed by atoms with Crippen molar-refractivity contribution in [3.63, 3.8) is 0 Å². The molecule has 0 spiro atoms. The van der Waals surface area contributed by atoms with Gasteiger partial charge in [0, 0.05) is 25.7 Å². The van der Waals surface area contributed by atoms with Gasteiger partial charge in [-0.05, 0) is 57.2 Å². The Morgan fingerprint density at radius 2 is 1.89 bits per heavy atom. The zero-order valence-corrected chi connectivity index (χ0v) is 19.2. The summed E-state index contributed by atoms with van der Waals surface area (Å²) in [7, 11) is 3.50. The first-order chi connectivity index (χ1) is 12.5. The predicted octanol–water partition coefficient (Wildman–Crippen LogP) is 3.57. The molecular weight excluding hydrogens is 455 g/mol. The van der Waals surface area contributed by atoms with Crippen molar-refractivity contribution in [1.82, 2.24) is 15.8 Å². The van der Waals surface area contributed by atoms with Gasteiger partial charge in [0.25, 0.3) is 0 Å². The van der Waals surface area contributed by atoms with Crippen LogP contribution in [0.1, 0.15) is 34.6 Å². The van der Waals surface area contributed by atoms with Gasteiger partial charge in [0.05, 0.1) is 12.8 Å². The highest BCUT2D eigenvalue weighted by molar-refractivity contribution is 14.0. The molecule has 6 nitrogen and oxygen atoms in total. The van der Waals surface area contributed by atoms with Crippen LogP contribution < -0.4 is 15.4 Å². The first-order valence-electron chi connectivity index (χ1n) is 9.05. The second-order valence-corrected chi connectivity index (χ2v) is 6.39. The summed E-state index contributed by atoms with van der Waals surface area (Å²) in [5, 5.41) is 10.7. The number of guanidine groups is 1. The Balaban J connectivity index is 0.00000364. The van der Waals surface area contributed by atoms with Crippen LogP contribution in [0, 0.1) is 20.8 Å². The molecule has 0 saturated carbocycles. The molecule has 0 amide bonds. The van der Waals surface area contributed by atoms with Crippen molar-refractivity contribution in [2.24, 2.45) is 4.99 Å². The maximum atomic E-state index is 5.38. The van der Waals surface area contributed by atoms with E-state index in [4.69, 9.17) is 9.26 Å². The van der Waals surface area contributed by atoms with Gasteiger partial charge in [-0.2, -0.15) is 0 Å². The summed E-state index contributed by atoms with van der Waals surface area (Å²) in [6.07, 6.45) is 2.86. The molecule has 2 N–H and O–H groups in total. The second-order valence-electron chi connectivity index (χ2n) is 6.39. The quantitative estimate of drug-likeness (QED) is 0.259. The Hall–Kier alpha value is -1.77. The highest BCUT2D eigenvalue weighted by Crippen LogP contribution is 2.19. The van der Waals surface area contributed by atoms with Crippen LogP contribution in [0.25, 0.3) is 0 Å². The van der Waals surface area contributed by atoms with Gasteiger partial charge in [0.15, 0.2) is 5.96 Å². The zero-order chi connectivity index (χ0) is 18.9. The molecule has 7 heteroatoms. The molecule has 2 rings (SSSR count). The fourth-order valence-corrected chi connectivity index (χ4v) is 2.90. The molecule has 27 heavy (non-hydrogen) atoms. The molecule has 1 heterocycles. The van der Waals surface area contributed by atoms with Crippen LogP contribution in [0.15, 0.2) is 27.7 Å². The largest absolute Gasteiger partial charge is 0.496 e. The summed E-state index contributed by atoms with van der Waals surface area (Å²) in [6, 6.07) is 6.33. The van der Waals surface area contributed by atoms with E-state index in [2.05, 4.69) is 45.9 Å². The number of hydrogen-bond donors (Lipinski definition) is 2. The lowest BCUT2D eigenvalue weighted by atomic mass is 10.1. The van der Waals surface area contributed by atoms with Gasteiger partial charge in [-0.25, -0.2) is 0 Å². The van der Waals surface area contributed by atoms with Crippen molar-refractivity contribution in [1.29, 1.82) is 0 Å². The van der Waals surface area contributed by atoms with E-state index in [0.29, 0.717) is 0 Å². The predicted molar refractivity (Wildman–Crippen MR) is 121 cm³/mol. The molecular formula is C20H31IN4O2. The third-order valence-electron chi connectivity index (χ3n) is 4.48. The van der Waals surface area contributed by atoms with E-state index in [1.54, 1.807) is 14.2 Å². The molecule has 0 saturated heterocycles. The van der Waals surface area contributed by atoms with E-state index in [9.17, 15) is 0 Å². The average molecular weight is 486 g/mol. The number of methoxy groups -OCH3 is 1. The van der Waals surface area contributed by atoms with Crippen molar-refractivity contribution in [2.45, 2.75) is 40.0 Å². The van der Waals surface area contributed by atoms with Crippen LogP contribution in [-0.2, 0) is 12.8 Å². The normalized spacial score (nSPS) is 11.1. The summed E-state index contributed by atoms with van der Waals surface area (Å²) in [4.78, 5) is 4.28. The van der Waals surface area contributed by atoms with E-state index in [-0.39, 0.29) is 24.0 Å².